The van der Waals surface area contributed by atoms with Gasteiger partial charge in [0.05, 0.1) is 24.8 Å². The van der Waals surface area contributed by atoms with Crippen molar-refractivity contribution in [1.29, 1.82) is 0 Å². The summed E-state index contributed by atoms with van der Waals surface area (Å²) in [6.07, 6.45) is 1.89. The molecule has 1 N–H and O–H groups in total. The summed E-state index contributed by atoms with van der Waals surface area (Å²) in [7, 11) is 0. The topological polar surface area (TPSA) is 26.6 Å². The Balaban J connectivity index is 0.00000144. The Morgan fingerprint density at radius 1 is 1.41 bits per heavy atom. The van der Waals surface area contributed by atoms with Crippen LogP contribution in [0.2, 0.25) is 0 Å². The van der Waals surface area contributed by atoms with Gasteiger partial charge in [0.2, 0.25) is 0 Å². The number of hydrogen-bond acceptors (Lipinski definition) is 3. The van der Waals surface area contributed by atoms with E-state index in [0.717, 1.165) is 37.1 Å². The van der Waals surface area contributed by atoms with E-state index in [2.05, 4.69) is 18.0 Å². The predicted octanol–water partition coefficient (Wildman–Crippen LogP) is -2.60. The molecule has 2 rings (SSSR count). The average Bonchev–Trinajstić information content (AvgIpc) is 2.30. The lowest BCUT2D eigenvalue weighted by atomic mass is 10.3. The fourth-order valence-electron chi connectivity index (χ4n) is 1.80. The van der Waals surface area contributed by atoms with Gasteiger partial charge >= 0.3 is 0 Å². The van der Waals surface area contributed by atoms with Crippen LogP contribution in [0.5, 0.6) is 0 Å². The molecule has 0 saturated carbocycles. The number of aromatic nitrogens is 1. The molecule has 3 nitrogen and oxygen atoms in total. The highest BCUT2D eigenvalue weighted by atomic mass is 35.5. The number of quaternary nitrogens is 1. The highest BCUT2D eigenvalue weighted by Crippen LogP contribution is 2.14. The molecule has 96 valence electrons. The third kappa shape index (κ3) is 5.25. The van der Waals surface area contributed by atoms with Crippen LogP contribution >= 0.6 is 11.8 Å². The van der Waals surface area contributed by atoms with Gasteiger partial charge in [0.1, 0.15) is 13.1 Å². The number of thioether (sulfide) groups is 1. The molecule has 0 amide bonds. The first-order chi connectivity index (χ1) is 7.84. The molecule has 2 heterocycles. The quantitative estimate of drug-likeness (QED) is 0.610. The summed E-state index contributed by atoms with van der Waals surface area (Å²) in [6, 6.07) is 4.19. The first kappa shape index (κ1) is 14.8. The molecule has 5 heteroatoms. The van der Waals surface area contributed by atoms with Gasteiger partial charge in [0.15, 0.2) is 0 Å². The van der Waals surface area contributed by atoms with Gasteiger partial charge in [-0.25, -0.2) is 4.98 Å². The molecule has 1 fully saturated rings. The standard InChI is InChI=1S/C12H18N2OS.ClH/c1-11-2-3-13-12(10-11)16-9-6-14-4-7-15-8-5-14;/h2-3,10H,4-9H2,1H3;1H. The van der Waals surface area contributed by atoms with Gasteiger partial charge in [0.25, 0.3) is 0 Å². The maximum atomic E-state index is 5.34. The number of pyridine rings is 1. The van der Waals surface area contributed by atoms with E-state index >= 15 is 0 Å². The molecule has 0 bridgehead atoms. The minimum absolute atomic E-state index is 0. The van der Waals surface area contributed by atoms with Gasteiger partial charge in [-0.1, -0.05) is 0 Å². The lowest BCUT2D eigenvalue weighted by molar-refractivity contribution is -0.905. The van der Waals surface area contributed by atoms with Crippen LogP contribution in [0.25, 0.3) is 0 Å². The van der Waals surface area contributed by atoms with Gasteiger partial charge < -0.3 is 22.0 Å². The second kappa shape index (κ2) is 7.93. The zero-order valence-electron chi connectivity index (χ0n) is 10.1. The fourth-order valence-corrected chi connectivity index (χ4v) is 2.80. The van der Waals surface area contributed by atoms with E-state index < -0.39 is 0 Å². The Morgan fingerprint density at radius 3 is 2.88 bits per heavy atom. The average molecular weight is 275 g/mol. The summed E-state index contributed by atoms with van der Waals surface area (Å²) < 4.78 is 5.34. The predicted molar refractivity (Wildman–Crippen MR) is 66.1 cm³/mol. The number of halogens is 1. The largest absolute Gasteiger partial charge is 1.00 e. The Morgan fingerprint density at radius 2 is 2.18 bits per heavy atom. The second-order valence-corrected chi connectivity index (χ2v) is 5.25. The Bertz CT molecular complexity index is 332. The number of nitrogens with zero attached hydrogens (tertiary/aromatic N) is 1. The summed E-state index contributed by atoms with van der Waals surface area (Å²) in [5.74, 6) is 1.14. The number of morpholine rings is 1. The molecule has 0 aliphatic carbocycles. The Labute approximate surface area is 113 Å². The highest BCUT2D eigenvalue weighted by Gasteiger charge is 2.12. The van der Waals surface area contributed by atoms with Crippen molar-refractivity contribution >= 4 is 11.8 Å². The van der Waals surface area contributed by atoms with Crippen molar-refractivity contribution in [3.63, 3.8) is 0 Å². The van der Waals surface area contributed by atoms with E-state index in [1.165, 1.54) is 12.1 Å². The minimum atomic E-state index is 0. The van der Waals surface area contributed by atoms with Crippen LogP contribution in [0.15, 0.2) is 23.4 Å². The minimum Gasteiger partial charge on any atom is -1.00 e. The number of rotatable bonds is 4. The monoisotopic (exact) mass is 274 g/mol. The molecule has 0 unspecified atom stereocenters. The van der Waals surface area contributed by atoms with Crippen LogP contribution < -0.4 is 17.3 Å². The van der Waals surface area contributed by atoms with Crippen molar-refractivity contribution in [3.8, 4) is 0 Å². The number of ether oxygens (including phenoxy) is 1. The van der Waals surface area contributed by atoms with Gasteiger partial charge in [-0.2, -0.15) is 0 Å². The Hall–Kier alpha value is -0.290. The van der Waals surface area contributed by atoms with Crippen LogP contribution in [0.1, 0.15) is 5.56 Å². The smallest absolute Gasteiger partial charge is 0.101 e. The molecular weight excluding hydrogens is 256 g/mol. The maximum absolute atomic E-state index is 5.34. The van der Waals surface area contributed by atoms with E-state index in [1.54, 1.807) is 4.90 Å². The molecule has 1 aromatic heterocycles. The molecule has 1 saturated heterocycles. The lowest BCUT2D eigenvalue weighted by Crippen LogP contribution is -3.14. The van der Waals surface area contributed by atoms with E-state index in [4.69, 9.17) is 4.74 Å². The van der Waals surface area contributed by atoms with Crippen LogP contribution in [0.3, 0.4) is 0 Å². The molecule has 1 aromatic rings. The van der Waals surface area contributed by atoms with Gasteiger partial charge in [0, 0.05) is 11.9 Å². The van der Waals surface area contributed by atoms with Crippen molar-refractivity contribution in [2.75, 3.05) is 38.6 Å². The van der Waals surface area contributed by atoms with Crippen LogP contribution in [0.4, 0.5) is 0 Å². The molecule has 1 aliphatic heterocycles. The summed E-state index contributed by atoms with van der Waals surface area (Å²) in [5.41, 5.74) is 1.29. The van der Waals surface area contributed by atoms with Crippen LogP contribution in [0, 0.1) is 6.92 Å². The maximum Gasteiger partial charge on any atom is 0.101 e. The van der Waals surface area contributed by atoms with Gasteiger partial charge in [-0.15, -0.1) is 11.8 Å². The normalized spacial score (nSPS) is 16.5. The SMILES string of the molecule is Cc1ccnc(SCC[NH+]2CCOCC2)c1.[Cl-]. The molecule has 1 aliphatic rings. The number of nitrogens with one attached hydrogen (secondary N) is 1. The van der Waals surface area contributed by atoms with E-state index in [1.807, 2.05) is 24.0 Å². The van der Waals surface area contributed by atoms with Crippen LogP contribution in [-0.2, 0) is 4.74 Å². The Kier molecular flexibility index (Phi) is 6.89. The lowest BCUT2D eigenvalue weighted by Gasteiger charge is -2.23. The molecule has 0 radical (unpaired) electrons. The van der Waals surface area contributed by atoms with Gasteiger partial charge in [-0.05, 0) is 24.6 Å². The van der Waals surface area contributed by atoms with Crippen molar-refractivity contribution in [3.05, 3.63) is 23.9 Å². The molecule has 0 atom stereocenters. The third-order valence-electron chi connectivity index (χ3n) is 2.80. The highest BCUT2D eigenvalue weighted by molar-refractivity contribution is 7.99. The number of hydrogen-bond donors (Lipinski definition) is 1. The fraction of sp³-hybridized carbons (Fsp3) is 0.583. The van der Waals surface area contributed by atoms with E-state index in [-0.39, 0.29) is 12.4 Å². The van der Waals surface area contributed by atoms with Crippen molar-refractivity contribution in [2.45, 2.75) is 11.9 Å². The van der Waals surface area contributed by atoms with Crippen LogP contribution in [-0.4, -0.2) is 43.6 Å². The third-order valence-corrected chi connectivity index (χ3v) is 3.72. The zero-order valence-corrected chi connectivity index (χ0v) is 11.7. The molecular formula is C12H19ClN2OS. The molecule has 0 aromatic carbocycles. The summed E-state index contributed by atoms with van der Waals surface area (Å²) in [5, 5.41) is 1.15. The number of aryl methyl sites for hydroxylation is 1. The summed E-state index contributed by atoms with van der Waals surface area (Å²) in [4.78, 5) is 6.01. The molecule has 0 spiro atoms. The van der Waals surface area contributed by atoms with E-state index in [0.29, 0.717) is 0 Å². The summed E-state index contributed by atoms with van der Waals surface area (Å²) in [6.45, 7) is 7.47. The molecule has 17 heavy (non-hydrogen) atoms. The summed E-state index contributed by atoms with van der Waals surface area (Å²) >= 11 is 1.86. The first-order valence-electron chi connectivity index (χ1n) is 5.81. The van der Waals surface area contributed by atoms with Crippen molar-refractivity contribution in [2.24, 2.45) is 0 Å². The second-order valence-electron chi connectivity index (χ2n) is 4.13. The van der Waals surface area contributed by atoms with Crippen molar-refractivity contribution < 1.29 is 22.0 Å². The first-order valence-corrected chi connectivity index (χ1v) is 6.80. The van der Waals surface area contributed by atoms with Crippen molar-refractivity contribution in [1.82, 2.24) is 4.98 Å². The van der Waals surface area contributed by atoms with Gasteiger partial charge in [-0.3, -0.25) is 0 Å². The van der Waals surface area contributed by atoms with E-state index in [9.17, 15) is 0 Å². The zero-order chi connectivity index (χ0) is 11.2.